The lowest BCUT2D eigenvalue weighted by molar-refractivity contribution is 0.412. The van der Waals surface area contributed by atoms with Crippen molar-refractivity contribution in [3.05, 3.63) is 29.5 Å². The molecule has 0 fully saturated rings. The number of methoxy groups -OCH3 is 1. The van der Waals surface area contributed by atoms with Crippen LogP contribution in [0, 0.1) is 13.8 Å². The third-order valence-electron chi connectivity index (χ3n) is 2.48. The van der Waals surface area contributed by atoms with Crippen LogP contribution in [-0.4, -0.2) is 12.1 Å². The highest BCUT2D eigenvalue weighted by Gasteiger charge is 2.06. The van der Waals surface area contributed by atoms with Gasteiger partial charge in [-0.25, -0.2) is 0 Å². The minimum Gasteiger partial charge on any atom is -0.496 e. The highest BCUT2D eigenvalue weighted by Crippen LogP contribution is 2.29. The molecule has 0 aliphatic heterocycles. The van der Waals surface area contributed by atoms with Gasteiger partial charge in [0, 0.05) is 22.7 Å². The third-order valence-corrected chi connectivity index (χ3v) is 2.48. The van der Waals surface area contributed by atoms with Gasteiger partial charge in [-0.05, 0) is 31.5 Å². The van der Waals surface area contributed by atoms with Gasteiger partial charge >= 0.3 is 0 Å². The standard InChI is InChI=1S/C11H13NO/c1-7-6-10(13-3)8(2)9-4-5-12-11(7)9/h4-6,12H,1-3H3. The van der Waals surface area contributed by atoms with Gasteiger partial charge in [0.25, 0.3) is 0 Å². The molecule has 0 bridgehead atoms. The number of benzene rings is 1. The summed E-state index contributed by atoms with van der Waals surface area (Å²) < 4.78 is 5.29. The fourth-order valence-corrected chi connectivity index (χ4v) is 1.73. The summed E-state index contributed by atoms with van der Waals surface area (Å²) in [5.74, 6) is 0.963. The van der Waals surface area contributed by atoms with E-state index >= 15 is 0 Å². The Morgan fingerprint density at radius 3 is 2.77 bits per heavy atom. The molecule has 0 aliphatic carbocycles. The van der Waals surface area contributed by atoms with Gasteiger partial charge in [-0.15, -0.1) is 0 Å². The van der Waals surface area contributed by atoms with Crippen LogP contribution in [0.2, 0.25) is 0 Å². The van der Waals surface area contributed by atoms with Crippen LogP contribution in [0.4, 0.5) is 0 Å². The quantitative estimate of drug-likeness (QED) is 0.708. The summed E-state index contributed by atoms with van der Waals surface area (Å²) in [4.78, 5) is 3.22. The van der Waals surface area contributed by atoms with Gasteiger partial charge in [-0.3, -0.25) is 0 Å². The van der Waals surface area contributed by atoms with E-state index in [1.54, 1.807) is 7.11 Å². The molecule has 0 saturated carbocycles. The molecular formula is C11H13NO. The zero-order chi connectivity index (χ0) is 9.42. The molecule has 0 radical (unpaired) electrons. The lowest BCUT2D eigenvalue weighted by Crippen LogP contribution is -1.89. The van der Waals surface area contributed by atoms with Gasteiger partial charge < -0.3 is 9.72 Å². The van der Waals surface area contributed by atoms with Crippen LogP contribution in [0.15, 0.2) is 18.3 Å². The number of aromatic nitrogens is 1. The molecular weight excluding hydrogens is 162 g/mol. The van der Waals surface area contributed by atoms with Crippen molar-refractivity contribution in [2.24, 2.45) is 0 Å². The maximum atomic E-state index is 5.29. The van der Waals surface area contributed by atoms with Gasteiger partial charge in [-0.2, -0.15) is 0 Å². The Kier molecular flexibility index (Phi) is 1.76. The highest BCUT2D eigenvalue weighted by atomic mass is 16.5. The number of hydrogen-bond donors (Lipinski definition) is 1. The molecule has 13 heavy (non-hydrogen) atoms. The maximum Gasteiger partial charge on any atom is 0.122 e. The molecule has 0 amide bonds. The third kappa shape index (κ3) is 1.10. The van der Waals surface area contributed by atoms with Crippen molar-refractivity contribution in [2.75, 3.05) is 7.11 Å². The number of rotatable bonds is 1. The number of fused-ring (bicyclic) bond motifs is 1. The summed E-state index contributed by atoms with van der Waals surface area (Å²) in [6.07, 6.45) is 1.96. The van der Waals surface area contributed by atoms with Crippen LogP contribution < -0.4 is 4.74 Å². The van der Waals surface area contributed by atoms with Crippen LogP contribution in [-0.2, 0) is 0 Å². The van der Waals surface area contributed by atoms with Crippen LogP contribution >= 0.6 is 0 Å². The molecule has 0 atom stereocenters. The molecule has 68 valence electrons. The van der Waals surface area contributed by atoms with E-state index in [-0.39, 0.29) is 0 Å². The summed E-state index contributed by atoms with van der Waals surface area (Å²) in [6, 6.07) is 4.15. The Morgan fingerprint density at radius 1 is 1.31 bits per heavy atom. The second-order valence-corrected chi connectivity index (χ2v) is 3.29. The van der Waals surface area contributed by atoms with Crippen molar-refractivity contribution in [3.8, 4) is 5.75 Å². The monoisotopic (exact) mass is 175 g/mol. The Labute approximate surface area is 77.5 Å². The van der Waals surface area contributed by atoms with E-state index in [0.29, 0.717) is 0 Å². The Morgan fingerprint density at radius 2 is 2.08 bits per heavy atom. The summed E-state index contributed by atoms with van der Waals surface area (Å²) in [6.45, 7) is 4.16. The average molecular weight is 175 g/mol. The first kappa shape index (κ1) is 8.17. The second-order valence-electron chi connectivity index (χ2n) is 3.29. The van der Waals surface area contributed by atoms with E-state index in [1.165, 1.54) is 22.0 Å². The minimum absolute atomic E-state index is 0.963. The fraction of sp³-hybridized carbons (Fsp3) is 0.273. The molecule has 1 aromatic heterocycles. The minimum atomic E-state index is 0.963. The van der Waals surface area contributed by atoms with E-state index in [9.17, 15) is 0 Å². The molecule has 0 unspecified atom stereocenters. The molecule has 0 saturated heterocycles. The van der Waals surface area contributed by atoms with E-state index < -0.39 is 0 Å². The molecule has 2 heteroatoms. The number of hydrogen-bond acceptors (Lipinski definition) is 1. The number of aryl methyl sites for hydroxylation is 2. The van der Waals surface area contributed by atoms with Crippen molar-refractivity contribution in [3.63, 3.8) is 0 Å². The van der Waals surface area contributed by atoms with Gasteiger partial charge in [0.05, 0.1) is 7.11 Å². The van der Waals surface area contributed by atoms with Gasteiger partial charge in [0.15, 0.2) is 0 Å². The summed E-state index contributed by atoms with van der Waals surface area (Å²) in [5, 5.41) is 1.25. The molecule has 0 aliphatic rings. The first-order valence-electron chi connectivity index (χ1n) is 4.35. The largest absolute Gasteiger partial charge is 0.496 e. The first-order valence-corrected chi connectivity index (χ1v) is 4.35. The molecule has 2 rings (SSSR count). The van der Waals surface area contributed by atoms with Crippen LogP contribution in [0.25, 0.3) is 10.9 Å². The molecule has 2 aromatic rings. The average Bonchev–Trinajstić information content (AvgIpc) is 2.60. The van der Waals surface area contributed by atoms with Crippen LogP contribution in [0.5, 0.6) is 5.75 Å². The van der Waals surface area contributed by atoms with Crippen molar-refractivity contribution in [2.45, 2.75) is 13.8 Å². The molecule has 1 heterocycles. The lowest BCUT2D eigenvalue weighted by Gasteiger charge is -2.07. The van der Waals surface area contributed by atoms with Crippen molar-refractivity contribution in [1.82, 2.24) is 4.98 Å². The number of nitrogens with one attached hydrogen (secondary N) is 1. The zero-order valence-electron chi connectivity index (χ0n) is 8.14. The smallest absolute Gasteiger partial charge is 0.122 e. The Bertz CT molecular complexity index is 443. The second kappa shape index (κ2) is 2.80. The first-order chi connectivity index (χ1) is 6.24. The summed E-state index contributed by atoms with van der Waals surface area (Å²) in [5.41, 5.74) is 3.63. The summed E-state index contributed by atoms with van der Waals surface area (Å²) >= 11 is 0. The van der Waals surface area contributed by atoms with Crippen LogP contribution in [0.3, 0.4) is 0 Å². The molecule has 1 aromatic carbocycles. The fourth-order valence-electron chi connectivity index (χ4n) is 1.73. The van der Waals surface area contributed by atoms with Crippen molar-refractivity contribution < 1.29 is 4.74 Å². The van der Waals surface area contributed by atoms with E-state index in [1.807, 2.05) is 6.20 Å². The highest BCUT2D eigenvalue weighted by molar-refractivity contribution is 5.87. The normalized spacial score (nSPS) is 10.7. The van der Waals surface area contributed by atoms with Crippen LogP contribution in [0.1, 0.15) is 11.1 Å². The Hall–Kier alpha value is -1.44. The molecule has 0 spiro atoms. The predicted octanol–water partition coefficient (Wildman–Crippen LogP) is 2.79. The van der Waals surface area contributed by atoms with Gasteiger partial charge in [-0.1, -0.05) is 0 Å². The number of H-pyrrole nitrogens is 1. The Balaban J connectivity index is 2.85. The van der Waals surface area contributed by atoms with E-state index in [2.05, 4.69) is 31.0 Å². The van der Waals surface area contributed by atoms with Crippen molar-refractivity contribution >= 4 is 10.9 Å². The zero-order valence-corrected chi connectivity index (χ0v) is 8.14. The number of aromatic amines is 1. The summed E-state index contributed by atoms with van der Waals surface area (Å²) in [7, 11) is 1.71. The van der Waals surface area contributed by atoms with E-state index in [0.717, 1.165) is 5.75 Å². The van der Waals surface area contributed by atoms with Gasteiger partial charge in [0.1, 0.15) is 5.75 Å². The topological polar surface area (TPSA) is 25.0 Å². The SMILES string of the molecule is COc1cc(C)c2[nH]ccc2c1C. The van der Waals surface area contributed by atoms with Crippen molar-refractivity contribution in [1.29, 1.82) is 0 Å². The maximum absolute atomic E-state index is 5.29. The van der Waals surface area contributed by atoms with Gasteiger partial charge in [0.2, 0.25) is 0 Å². The molecule has 2 nitrogen and oxygen atoms in total. The number of ether oxygens (including phenoxy) is 1. The lowest BCUT2D eigenvalue weighted by atomic mass is 10.1. The van der Waals surface area contributed by atoms with E-state index in [4.69, 9.17) is 4.74 Å². The molecule has 1 N–H and O–H groups in total. The predicted molar refractivity (Wildman–Crippen MR) is 54.3 cm³/mol.